The van der Waals surface area contributed by atoms with Gasteiger partial charge < -0.3 is 10.0 Å². The molecule has 0 aliphatic carbocycles. The van der Waals surface area contributed by atoms with Gasteiger partial charge in [-0.25, -0.2) is 8.42 Å². The van der Waals surface area contributed by atoms with E-state index in [9.17, 15) is 13.5 Å². The van der Waals surface area contributed by atoms with Crippen LogP contribution in [0.4, 0.5) is 5.69 Å². The van der Waals surface area contributed by atoms with Crippen LogP contribution in [0.25, 0.3) is 0 Å². The summed E-state index contributed by atoms with van der Waals surface area (Å²) in [7, 11) is -3.36. The number of hydrogen-bond donors (Lipinski definition) is 1. The molecule has 0 amide bonds. The second kappa shape index (κ2) is 8.59. The molecule has 0 saturated carbocycles. The van der Waals surface area contributed by atoms with Gasteiger partial charge in [0, 0.05) is 38.0 Å². The second-order valence-corrected chi connectivity index (χ2v) is 10.00. The molecule has 1 saturated heterocycles. The standard InChI is InChI=1S/C23H30N2O3S/c1-5-11-24-15-18(3)25(16-17(24)2)22-14-20(9-10-23(22)29(4,27)28)12-19-7-6-8-21(26)13-19/h5-10,13-14,17-18,26H,1,11-12,15-16H2,2-4H3/t17-,18+/m0/s1. The van der Waals surface area contributed by atoms with E-state index in [1.165, 1.54) is 6.26 Å². The molecule has 0 aromatic heterocycles. The first-order chi connectivity index (χ1) is 13.7. The van der Waals surface area contributed by atoms with Gasteiger partial charge in [-0.3, -0.25) is 4.90 Å². The van der Waals surface area contributed by atoms with Crippen molar-refractivity contribution < 1.29 is 13.5 Å². The smallest absolute Gasteiger partial charge is 0.177 e. The normalized spacial score (nSPS) is 20.6. The first kappa shape index (κ1) is 21.4. The Kier molecular flexibility index (Phi) is 6.34. The number of anilines is 1. The van der Waals surface area contributed by atoms with Crippen molar-refractivity contribution >= 4 is 15.5 Å². The second-order valence-electron chi connectivity index (χ2n) is 8.01. The lowest BCUT2D eigenvalue weighted by atomic mass is 10.0. The number of benzene rings is 2. The van der Waals surface area contributed by atoms with E-state index in [0.717, 1.165) is 36.4 Å². The molecule has 0 radical (unpaired) electrons. The molecule has 3 rings (SSSR count). The predicted octanol–water partition coefficient (Wildman–Crippen LogP) is 3.47. The number of phenolic OH excluding ortho intramolecular Hbond substituents is 1. The van der Waals surface area contributed by atoms with Gasteiger partial charge in [0.05, 0.1) is 10.6 Å². The number of aromatic hydroxyl groups is 1. The summed E-state index contributed by atoms with van der Waals surface area (Å²) in [5.74, 6) is 0.233. The topological polar surface area (TPSA) is 60.9 Å². The molecule has 5 nitrogen and oxygen atoms in total. The van der Waals surface area contributed by atoms with Gasteiger partial charge in [-0.05, 0) is 55.7 Å². The minimum absolute atomic E-state index is 0.183. The predicted molar refractivity (Wildman–Crippen MR) is 119 cm³/mol. The van der Waals surface area contributed by atoms with Crippen molar-refractivity contribution in [3.05, 3.63) is 66.2 Å². The molecule has 1 heterocycles. The first-order valence-electron chi connectivity index (χ1n) is 9.91. The fraction of sp³-hybridized carbons (Fsp3) is 0.391. The lowest BCUT2D eigenvalue weighted by Crippen LogP contribution is -2.56. The van der Waals surface area contributed by atoms with Crippen LogP contribution in [0.1, 0.15) is 25.0 Å². The van der Waals surface area contributed by atoms with E-state index < -0.39 is 9.84 Å². The SMILES string of the molecule is C=CCN1C[C@@H](C)N(c2cc(Cc3cccc(O)c3)ccc2S(C)(=O)=O)C[C@@H]1C. The third-order valence-corrected chi connectivity index (χ3v) is 6.67. The lowest BCUT2D eigenvalue weighted by Gasteiger charge is -2.45. The molecule has 0 spiro atoms. The van der Waals surface area contributed by atoms with Crippen LogP contribution in [0.2, 0.25) is 0 Å². The molecule has 1 aliphatic heterocycles. The number of nitrogens with zero attached hydrogens (tertiary/aromatic N) is 2. The van der Waals surface area contributed by atoms with Gasteiger partial charge in [-0.1, -0.05) is 24.3 Å². The van der Waals surface area contributed by atoms with Gasteiger partial charge in [0.2, 0.25) is 0 Å². The van der Waals surface area contributed by atoms with Gasteiger partial charge in [0.15, 0.2) is 9.84 Å². The maximum Gasteiger partial charge on any atom is 0.177 e. The van der Waals surface area contributed by atoms with Crippen LogP contribution in [-0.2, 0) is 16.3 Å². The van der Waals surface area contributed by atoms with E-state index in [-0.39, 0.29) is 11.8 Å². The monoisotopic (exact) mass is 414 g/mol. The summed E-state index contributed by atoms with van der Waals surface area (Å²) >= 11 is 0. The van der Waals surface area contributed by atoms with Crippen LogP contribution >= 0.6 is 0 Å². The van der Waals surface area contributed by atoms with Crippen LogP contribution in [0.15, 0.2) is 60.0 Å². The Hall–Kier alpha value is -2.31. The minimum Gasteiger partial charge on any atom is -0.508 e. The van der Waals surface area contributed by atoms with E-state index in [1.54, 1.807) is 18.2 Å². The Balaban J connectivity index is 1.98. The van der Waals surface area contributed by atoms with Gasteiger partial charge in [-0.15, -0.1) is 6.58 Å². The highest BCUT2D eigenvalue weighted by Gasteiger charge is 2.31. The summed E-state index contributed by atoms with van der Waals surface area (Å²) in [4.78, 5) is 4.95. The highest BCUT2D eigenvalue weighted by molar-refractivity contribution is 7.90. The van der Waals surface area contributed by atoms with E-state index in [0.29, 0.717) is 17.4 Å². The minimum atomic E-state index is -3.36. The molecule has 2 aromatic carbocycles. The van der Waals surface area contributed by atoms with Gasteiger partial charge in [0.25, 0.3) is 0 Å². The van der Waals surface area contributed by atoms with Crippen LogP contribution in [-0.4, -0.2) is 56.4 Å². The number of rotatable bonds is 6. The first-order valence-corrected chi connectivity index (χ1v) is 11.8. The summed E-state index contributed by atoms with van der Waals surface area (Å²) in [5.41, 5.74) is 2.77. The number of hydrogen-bond acceptors (Lipinski definition) is 5. The summed E-state index contributed by atoms with van der Waals surface area (Å²) < 4.78 is 25.0. The average Bonchev–Trinajstić information content (AvgIpc) is 2.64. The van der Waals surface area contributed by atoms with E-state index in [1.807, 2.05) is 30.3 Å². The molecule has 6 heteroatoms. The highest BCUT2D eigenvalue weighted by atomic mass is 32.2. The van der Waals surface area contributed by atoms with Crippen molar-refractivity contribution in [3.63, 3.8) is 0 Å². The maximum atomic E-state index is 12.5. The zero-order valence-electron chi connectivity index (χ0n) is 17.4. The number of phenols is 1. The molecule has 0 bridgehead atoms. The molecule has 1 aliphatic rings. The molecule has 1 N–H and O–H groups in total. The van der Waals surface area contributed by atoms with E-state index in [4.69, 9.17) is 0 Å². The van der Waals surface area contributed by atoms with Crippen molar-refractivity contribution in [1.29, 1.82) is 0 Å². The lowest BCUT2D eigenvalue weighted by molar-refractivity contribution is 0.184. The van der Waals surface area contributed by atoms with Crippen molar-refractivity contribution in [3.8, 4) is 5.75 Å². The van der Waals surface area contributed by atoms with Crippen LogP contribution in [0.3, 0.4) is 0 Å². The fourth-order valence-corrected chi connectivity index (χ4v) is 4.94. The molecule has 0 unspecified atom stereocenters. The van der Waals surface area contributed by atoms with Crippen LogP contribution < -0.4 is 4.90 Å². The Morgan fingerprint density at radius 2 is 1.83 bits per heavy atom. The third-order valence-electron chi connectivity index (χ3n) is 5.53. The van der Waals surface area contributed by atoms with Crippen molar-refractivity contribution in [2.75, 3.05) is 30.8 Å². The summed E-state index contributed by atoms with van der Waals surface area (Å²) in [5, 5.41) is 9.73. The molecule has 156 valence electrons. The van der Waals surface area contributed by atoms with Crippen molar-refractivity contribution in [2.24, 2.45) is 0 Å². The van der Waals surface area contributed by atoms with Crippen LogP contribution in [0, 0.1) is 0 Å². The Morgan fingerprint density at radius 3 is 2.48 bits per heavy atom. The molecule has 29 heavy (non-hydrogen) atoms. The Labute approximate surface area is 174 Å². The molecule has 2 aromatic rings. The van der Waals surface area contributed by atoms with E-state index >= 15 is 0 Å². The Bertz CT molecular complexity index is 987. The highest BCUT2D eigenvalue weighted by Crippen LogP contribution is 2.32. The molecule has 1 fully saturated rings. The largest absolute Gasteiger partial charge is 0.508 e. The zero-order chi connectivity index (χ0) is 21.2. The zero-order valence-corrected chi connectivity index (χ0v) is 18.2. The quantitative estimate of drug-likeness (QED) is 0.734. The summed E-state index contributed by atoms with van der Waals surface area (Å²) in [6, 6.07) is 13.2. The molecular formula is C23H30N2O3S. The van der Waals surface area contributed by atoms with Crippen molar-refractivity contribution in [2.45, 2.75) is 37.2 Å². The van der Waals surface area contributed by atoms with Gasteiger partial charge >= 0.3 is 0 Å². The fourth-order valence-electron chi connectivity index (χ4n) is 4.07. The van der Waals surface area contributed by atoms with Crippen molar-refractivity contribution in [1.82, 2.24) is 4.90 Å². The third kappa shape index (κ3) is 5.00. The van der Waals surface area contributed by atoms with Crippen LogP contribution in [0.5, 0.6) is 5.75 Å². The molecular weight excluding hydrogens is 384 g/mol. The molecule has 2 atom stereocenters. The summed E-state index contributed by atoms with van der Waals surface area (Å²) in [6.07, 6.45) is 3.81. The number of sulfone groups is 1. The average molecular weight is 415 g/mol. The Morgan fingerprint density at radius 1 is 1.10 bits per heavy atom. The maximum absolute atomic E-state index is 12.5. The number of piperazine rings is 1. The van der Waals surface area contributed by atoms with Gasteiger partial charge in [-0.2, -0.15) is 0 Å². The summed E-state index contributed by atoms with van der Waals surface area (Å²) in [6.45, 7) is 10.6. The van der Waals surface area contributed by atoms with E-state index in [2.05, 4.69) is 30.2 Å². The van der Waals surface area contributed by atoms with Gasteiger partial charge in [0.1, 0.15) is 5.75 Å².